The smallest absolute Gasteiger partial charge is 0.325 e. The number of carbonyl (C=O) groups is 5. The molecule has 0 aliphatic carbocycles. The summed E-state index contributed by atoms with van der Waals surface area (Å²) >= 11 is 0. The minimum absolute atomic E-state index is 0.00970. The molecular weight excluding hydrogens is 364 g/mol. The lowest BCUT2D eigenvalue weighted by atomic mass is 10.2. The van der Waals surface area contributed by atoms with Gasteiger partial charge in [0.1, 0.15) is 6.54 Å². The topological polar surface area (TPSA) is 107 Å². The molecule has 0 atom stereocenters. The van der Waals surface area contributed by atoms with E-state index in [9.17, 15) is 24.0 Å². The van der Waals surface area contributed by atoms with Crippen LogP contribution in [-0.2, 0) is 19.2 Å². The third-order valence-corrected chi connectivity index (χ3v) is 4.52. The summed E-state index contributed by atoms with van der Waals surface area (Å²) in [6, 6.07) is 5.95. The van der Waals surface area contributed by atoms with Gasteiger partial charge in [0.2, 0.25) is 11.8 Å². The maximum absolute atomic E-state index is 12.3. The van der Waals surface area contributed by atoms with Crippen LogP contribution in [0.25, 0.3) is 0 Å². The van der Waals surface area contributed by atoms with Crippen LogP contribution in [0.15, 0.2) is 24.3 Å². The summed E-state index contributed by atoms with van der Waals surface area (Å²) in [7, 11) is 0. The Bertz CT molecular complexity index is 833. The maximum atomic E-state index is 12.3. The second-order valence-electron chi connectivity index (χ2n) is 7.23. The minimum atomic E-state index is -0.997. The number of nitrogens with one attached hydrogen (secondary N) is 1. The Labute approximate surface area is 162 Å². The molecule has 0 radical (unpaired) electrons. The first-order valence-electron chi connectivity index (χ1n) is 9.15. The molecule has 28 heavy (non-hydrogen) atoms. The molecule has 0 aromatic heterocycles. The van der Waals surface area contributed by atoms with Gasteiger partial charge in [-0.3, -0.25) is 24.1 Å². The molecule has 6 amide bonds. The zero-order valence-corrected chi connectivity index (χ0v) is 15.8. The second kappa shape index (κ2) is 7.79. The predicted octanol–water partition coefficient (Wildman–Crippen LogP) is 1.20. The number of carbonyl (C=O) groups excluding carboxylic acids is 5. The van der Waals surface area contributed by atoms with Crippen molar-refractivity contribution < 1.29 is 24.0 Å². The number of hydrogen-bond donors (Lipinski definition) is 1. The number of hydrogen-bond acceptors (Lipinski definition) is 5. The molecule has 2 saturated heterocycles. The van der Waals surface area contributed by atoms with Crippen molar-refractivity contribution in [3.8, 4) is 0 Å². The fraction of sp³-hybridized carbons (Fsp3) is 0.421. The summed E-state index contributed by atoms with van der Waals surface area (Å²) in [5, 5.41) is 2.59. The molecule has 1 N–H and O–H groups in total. The van der Waals surface area contributed by atoms with E-state index in [0.717, 1.165) is 17.0 Å². The van der Waals surface area contributed by atoms with Crippen LogP contribution >= 0.6 is 0 Å². The molecule has 9 heteroatoms. The SMILES string of the molecule is CC(C)CN1C(=O)C(=O)N(CC(=O)Nc2ccc(N3CCCC3=O)cc2)C1=O. The number of nitrogens with zero attached hydrogens (tertiary/aromatic N) is 3. The molecular formula is C19H22N4O5. The minimum Gasteiger partial charge on any atom is -0.325 e. The number of imide groups is 2. The second-order valence-corrected chi connectivity index (χ2v) is 7.23. The summed E-state index contributed by atoms with van der Waals surface area (Å²) < 4.78 is 0. The van der Waals surface area contributed by atoms with Gasteiger partial charge in [-0.2, -0.15) is 0 Å². The van der Waals surface area contributed by atoms with Gasteiger partial charge in [0.05, 0.1) is 0 Å². The Hall–Kier alpha value is -3.23. The molecule has 148 valence electrons. The molecule has 0 saturated carbocycles. The van der Waals surface area contributed by atoms with Crippen molar-refractivity contribution in [2.75, 3.05) is 29.9 Å². The Morgan fingerprint density at radius 3 is 2.25 bits per heavy atom. The number of anilines is 2. The Morgan fingerprint density at radius 2 is 1.68 bits per heavy atom. The number of urea groups is 1. The maximum Gasteiger partial charge on any atom is 0.334 e. The van der Waals surface area contributed by atoms with Crippen LogP contribution in [0.1, 0.15) is 26.7 Å². The molecule has 3 rings (SSSR count). The lowest BCUT2D eigenvalue weighted by Crippen LogP contribution is -2.39. The first kappa shape index (κ1) is 19.5. The fourth-order valence-corrected chi connectivity index (χ4v) is 3.21. The summed E-state index contributed by atoms with van der Waals surface area (Å²) in [5.41, 5.74) is 1.21. The van der Waals surface area contributed by atoms with Crippen LogP contribution in [-0.4, -0.2) is 59.1 Å². The van der Waals surface area contributed by atoms with Crippen LogP contribution in [0.3, 0.4) is 0 Å². The van der Waals surface area contributed by atoms with Crippen molar-refractivity contribution in [2.45, 2.75) is 26.7 Å². The molecule has 2 heterocycles. The third kappa shape index (κ3) is 3.88. The number of benzene rings is 1. The Kier molecular flexibility index (Phi) is 5.43. The van der Waals surface area contributed by atoms with Gasteiger partial charge in [0, 0.05) is 30.9 Å². The summed E-state index contributed by atoms with van der Waals surface area (Å²) in [6.07, 6.45) is 1.35. The molecule has 0 bridgehead atoms. The molecule has 1 aromatic carbocycles. The van der Waals surface area contributed by atoms with E-state index in [1.54, 1.807) is 29.2 Å². The van der Waals surface area contributed by atoms with E-state index in [1.807, 2.05) is 13.8 Å². The van der Waals surface area contributed by atoms with Gasteiger partial charge in [0.15, 0.2) is 0 Å². The lowest BCUT2D eigenvalue weighted by Gasteiger charge is -2.17. The van der Waals surface area contributed by atoms with Gasteiger partial charge in [-0.1, -0.05) is 13.8 Å². The molecule has 2 aliphatic heterocycles. The monoisotopic (exact) mass is 386 g/mol. The van der Waals surface area contributed by atoms with Crippen molar-refractivity contribution in [2.24, 2.45) is 5.92 Å². The van der Waals surface area contributed by atoms with Crippen molar-refractivity contribution in [1.29, 1.82) is 0 Å². The van der Waals surface area contributed by atoms with Gasteiger partial charge in [-0.15, -0.1) is 0 Å². The lowest BCUT2D eigenvalue weighted by molar-refractivity contribution is -0.143. The van der Waals surface area contributed by atoms with Crippen LogP contribution in [0.5, 0.6) is 0 Å². The molecule has 9 nitrogen and oxygen atoms in total. The van der Waals surface area contributed by atoms with Crippen molar-refractivity contribution in [3.05, 3.63) is 24.3 Å². The molecule has 0 unspecified atom stereocenters. The highest BCUT2D eigenvalue weighted by Crippen LogP contribution is 2.23. The highest BCUT2D eigenvalue weighted by atomic mass is 16.2. The summed E-state index contributed by atoms with van der Waals surface area (Å²) in [6.45, 7) is 3.90. The molecule has 2 aliphatic rings. The number of rotatable bonds is 6. The van der Waals surface area contributed by atoms with E-state index in [-0.39, 0.29) is 18.4 Å². The highest BCUT2D eigenvalue weighted by Gasteiger charge is 2.45. The van der Waals surface area contributed by atoms with E-state index in [4.69, 9.17) is 0 Å². The highest BCUT2D eigenvalue weighted by molar-refractivity contribution is 6.45. The first-order chi connectivity index (χ1) is 13.3. The van der Waals surface area contributed by atoms with E-state index in [2.05, 4.69) is 5.32 Å². The molecule has 1 aromatic rings. The first-order valence-corrected chi connectivity index (χ1v) is 9.15. The third-order valence-electron chi connectivity index (χ3n) is 4.52. The van der Waals surface area contributed by atoms with Crippen molar-refractivity contribution in [1.82, 2.24) is 9.80 Å². The number of amides is 6. The van der Waals surface area contributed by atoms with E-state index >= 15 is 0 Å². The van der Waals surface area contributed by atoms with Gasteiger partial charge < -0.3 is 10.2 Å². The van der Waals surface area contributed by atoms with Crippen molar-refractivity contribution in [3.63, 3.8) is 0 Å². The fourth-order valence-electron chi connectivity index (χ4n) is 3.21. The average molecular weight is 386 g/mol. The summed E-state index contributed by atoms with van der Waals surface area (Å²) in [4.78, 5) is 63.4. The normalized spacial score (nSPS) is 17.3. The van der Waals surface area contributed by atoms with Crippen LogP contribution < -0.4 is 10.2 Å². The zero-order valence-electron chi connectivity index (χ0n) is 15.8. The predicted molar refractivity (Wildman–Crippen MR) is 100 cm³/mol. The largest absolute Gasteiger partial charge is 0.334 e. The van der Waals surface area contributed by atoms with Crippen LogP contribution in [0.2, 0.25) is 0 Å². The van der Waals surface area contributed by atoms with Crippen LogP contribution in [0, 0.1) is 5.92 Å². The van der Waals surface area contributed by atoms with Crippen LogP contribution in [0.4, 0.5) is 16.2 Å². The molecule has 0 spiro atoms. The Balaban J connectivity index is 1.61. The quantitative estimate of drug-likeness (QED) is 0.584. The van der Waals surface area contributed by atoms with Gasteiger partial charge in [0.25, 0.3) is 0 Å². The standard InChI is InChI=1S/C19H22N4O5/c1-12(2)10-22-17(26)18(27)23(19(22)28)11-15(24)20-13-5-7-14(8-6-13)21-9-3-4-16(21)25/h5-8,12H,3-4,9-11H2,1-2H3,(H,20,24). The van der Waals surface area contributed by atoms with E-state index < -0.39 is 30.3 Å². The van der Waals surface area contributed by atoms with Gasteiger partial charge >= 0.3 is 17.8 Å². The van der Waals surface area contributed by atoms with E-state index in [0.29, 0.717) is 23.6 Å². The van der Waals surface area contributed by atoms with Crippen molar-refractivity contribution >= 4 is 41.0 Å². The van der Waals surface area contributed by atoms with E-state index in [1.165, 1.54) is 0 Å². The van der Waals surface area contributed by atoms with Gasteiger partial charge in [-0.25, -0.2) is 9.69 Å². The Morgan fingerprint density at radius 1 is 1.04 bits per heavy atom. The zero-order chi connectivity index (χ0) is 20.4. The molecule has 2 fully saturated rings. The summed E-state index contributed by atoms with van der Waals surface area (Å²) in [5.74, 6) is -2.42. The van der Waals surface area contributed by atoms with Gasteiger partial charge in [-0.05, 0) is 36.6 Å². The average Bonchev–Trinajstić information content (AvgIpc) is 3.15.